The maximum absolute atomic E-state index is 14.0. The summed E-state index contributed by atoms with van der Waals surface area (Å²) in [6.07, 6.45) is 4.66. The van der Waals surface area contributed by atoms with Crippen molar-refractivity contribution in [2.24, 2.45) is 17.8 Å². The first kappa shape index (κ1) is 21.0. The van der Waals surface area contributed by atoms with Crippen LogP contribution in [0.25, 0.3) is 11.1 Å². The van der Waals surface area contributed by atoms with Crippen molar-refractivity contribution in [3.63, 3.8) is 0 Å². The lowest BCUT2D eigenvalue weighted by Crippen LogP contribution is -2.29. The summed E-state index contributed by atoms with van der Waals surface area (Å²) in [5.41, 5.74) is 2.59. The van der Waals surface area contributed by atoms with E-state index in [2.05, 4.69) is 29.5 Å². The quantitative estimate of drug-likeness (QED) is 0.362. The van der Waals surface area contributed by atoms with E-state index in [1.54, 1.807) is 0 Å². The van der Waals surface area contributed by atoms with Gasteiger partial charge in [0.2, 0.25) is 0 Å². The molecule has 4 atom stereocenters. The summed E-state index contributed by atoms with van der Waals surface area (Å²) in [4.78, 5) is 0. The Morgan fingerprint density at radius 1 is 0.867 bits per heavy atom. The molecular formula is C25H26F4O. The Balaban J connectivity index is 1.43. The third kappa shape index (κ3) is 4.71. The molecule has 5 heteroatoms. The van der Waals surface area contributed by atoms with Crippen molar-refractivity contribution in [3.05, 3.63) is 66.5 Å². The molecule has 160 valence electrons. The fourth-order valence-corrected chi connectivity index (χ4v) is 5.28. The fraction of sp³-hybridized carbons (Fsp3) is 0.440. The van der Waals surface area contributed by atoms with Gasteiger partial charge >= 0.3 is 6.36 Å². The Bertz CT molecular complexity index is 887. The maximum atomic E-state index is 14.0. The maximum Gasteiger partial charge on any atom is 0.573 e. The first-order chi connectivity index (χ1) is 14.3. The third-order valence-electron chi connectivity index (χ3n) is 6.86. The number of hydrogen-bond acceptors (Lipinski definition) is 1. The summed E-state index contributed by atoms with van der Waals surface area (Å²) in [6, 6.07) is 11.6. The van der Waals surface area contributed by atoms with E-state index >= 15 is 0 Å². The molecule has 30 heavy (non-hydrogen) atoms. The van der Waals surface area contributed by atoms with Crippen LogP contribution in [0.1, 0.15) is 50.0 Å². The SMILES string of the molecule is C=CC1CCC2CC(c3ccc(-c4ccc(OC(F)(F)F)c(F)c4)cc3)CCC2C1. The summed E-state index contributed by atoms with van der Waals surface area (Å²) < 4.78 is 54.7. The van der Waals surface area contributed by atoms with Crippen LogP contribution < -0.4 is 4.74 Å². The molecule has 0 saturated heterocycles. The number of benzene rings is 2. The molecule has 4 rings (SSSR count). The van der Waals surface area contributed by atoms with Crippen LogP contribution in [0.5, 0.6) is 5.75 Å². The zero-order valence-electron chi connectivity index (χ0n) is 16.8. The van der Waals surface area contributed by atoms with Gasteiger partial charge in [0, 0.05) is 0 Å². The number of halogens is 4. The van der Waals surface area contributed by atoms with Gasteiger partial charge in [-0.25, -0.2) is 4.39 Å². The smallest absolute Gasteiger partial charge is 0.403 e. The fourth-order valence-electron chi connectivity index (χ4n) is 5.28. The third-order valence-corrected chi connectivity index (χ3v) is 6.86. The first-order valence-corrected chi connectivity index (χ1v) is 10.6. The van der Waals surface area contributed by atoms with E-state index in [0.717, 1.165) is 29.5 Å². The summed E-state index contributed by atoms with van der Waals surface area (Å²) in [6.45, 7) is 3.96. The second-order valence-corrected chi connectivity index (χ2v) is 8.65. The second kappa shape index (κ2) is 8.44. The zero-order chi connectivity index (χ0) is 21.3. The molecule has 2 aromatic rings. The van der Waals surface area contributed by atoms with Crippen LogP contribution in [-0.4, -0.2) is 6.36 Å². The van der Waals surface area contributed by atoms with Gasteiger partial charge in [-0.3, -0.25) is 0 Å². The minimum atomic E-state index is -4.91. The molecule has 2 fully saturated rings. The van der Waals surface area contributed by atoms with Gasteiger partial charge in [-0.2, -0.15) is 0 Å². The molecule has 2 aliphatic rings. The van der Waals surface area contributed by atoms with Crippen molar-refractivity contribution in [3.8, 4) is 16.9 Å². The number of ether oxygens (including phenoxy) is 1. The summed E-state index contributed by atoms with van der Waals surface area (Å²) in [5, 5.41) is 0. The molecule has 2 aromatic carbocycles. The topological polar surface area (TPSA) is 9.23 Å². The largest absolute Gasteiger partial charge is 0.573 e. The van der Waals surface area contributed by atoms with Crippen molar-refractivity contribution in [2.75, 3.05) is 0 Å². The highest BCUT2D eigenvalue weighted by atomic mass is 19.4. The van der Waals surface area contributed by atoms with Gasteiger partial charge in [-0.15, -0.1) is 19.8 Å². The Hall–Kier alpha value is -2.30. The Morgan fingerprint density at radius 3 is 2.20 bits per heavy atom. The summed E-state index contributed by atoms with van der Waals surface area (Å²) in [5.74, 6) is 0.982. The molecule has 1 nitrogen and oxygen atoms in total. The lowest BCUT2D eigenvalue weighted by atomic mass is 9.64. The number of allylic oxidation sites excluding steroid dienone is 1. The predicted molar refractivity (Wildman–Crippen MR) is 110 cm³/mol. The van der Waals surface area contributed by atoms with Crippen LogP contribution in [0.3, 0.4) is 0 Å². The number of rotatable bonds is 4. The van der Waals surface area contributed by atoms with E-state index in [9.17, 15) is 17.6 Å². The second-order valence-electron chi connectivity index (χ2n) is 8.65. The molecule has 0 heterocycles. The van der Waals surface area contributed by atoms with Gasteiger partial charge in [-0.1, -0.05) is 36.4 Å². The number of hydrogen-bond donors (Lipinski definition) is 0. The van der Waals surface area contributed by atoms with E-state index in [1.807, 2.05) is 12.1 Å². The highest BCUT2D eigenvalue weighted by Gasteiger charge is 2.35. The van der Waals surface area contributed by atoms with E-state index < -0.39 is 17.9 Å². The average Bonchev–Trinajstić information content (AvgIpc) is 2.73. The molecule has 0 N–H and O–H groups in total. The normalized spacial score (nSPS) is 26.7. The van der Waals surface area contributed by atoms with Gasteiger partial charge in [0.15, 0.2) is 11.6 Å². The Kier molecular flexibility index (Phi) is 5.90. The molecule has 4 unspecified atom stereocenters. The van der Waals surface area contributed by atoms with Crippen molar-refractivity contribution >= 4 is 0 Å². The van der Waals surface area contributed by atoms with E-state index in [0.29, 0.717) is 17.4 Å². The minimum absolute atomic E-state index is 0.528. The van der Waals surface area contributed by atoms with E-state index in [4.69, 9.17) is 0 Å². The van der Waals surface area contributed by atoms with Gasteiger partial charge in [0.05, 0.1) is 0 Å². The standard InChI is InChI=1S/C25H26F4O/c1-2-16-3-4-21-14-20(10-9-19(21)13-16)17-5-7-18(8-6-17)22-11-12-24(23(26)15-22)30-25(27,28)29/h2,5-8,11-12,15-16,19-21H,1,3-4,9-10,13-14H2. The Morgan fingerprint density at radius 2 is 1.53 bits per heavy atom. The molecule has 0 radical (unpaired) electrons. The van der Waals surface area contributed by atoms with Crippen LogP contribution in [0, 0.1) is 23.6 Å². The summed E-state index contributed by atoms with van der Waals surface area (Å²) in [7, 11) is 0. The number of alkyl halides is 3. The lowest BCUT2D eigenvalue weighted by Gasteiger charge is -2.41. The molecular weight excluding hydrogens is 392 g/mol. The highest BCUT2D eigenvalue weighted by molar-refractivity contribution is 5.64. The van der Waals surface area contributed by atoms with Crippen LogP contribution >= 0.6 is 0 Å². The lowest BCUT2D eigenvalue weighted by molar-refractivity contribution is -0.275. The molecule has 0 aliphatic heterocycles. The van der Waals surface area contributed by atoms with Crippen LogP contribution in [0.2, 0.25) is 0 Å². The van der Waals surface area contributed by atoms with Crippen LogP contribution in [-0.2, 0) is 0 Å². The molecule has 2 saturated carbocycles. The summed E-state index contributed by atoms with van der Waals surface area (Å²) >= 11 is 0. The van der Waals surface area contributed by atoms with E-state index in [1.165, 1.54) is 50.2 Å². The molecule has 0 amide bonds. The van der Waals surface area contributed by atoms with Crippen LogP contribution in [0.4, 0.5) is 17.6 Å². The molecule has 0 aromatic heterocycles. The highest BCUT2D eigenvalue weighted by Crippen LogP contribution is 2.47. The predicted octanol–water partition coefficient (Wildman–Crippen LogP) is 7.88. The van der Waals surface area contributed by atoms with Crippen molar-refractivity contribution in [2.45, 2.75) is 50.8 Å². The van der Waals surface area contributed by atoms with Crippen molar-refractivity contribution in [1.82, 2.24) is 0 Å². The monoisotopic (exact) mass is 418 g/mol. The van der Waals surface area contributed by atoms with Crippen LogP contribution in [0.15, 0.2) is 55.1 Å². The molecule has 2 aliphatic carbocycles. The Labute approximate surface area is 174 Å². The van der Waals surface area contributed by atoms with Gasteiger partial charge in [0.25, 0.3) is 0 Å². The molecule has 0 spiro atoms. The number of fused-ring (bicyclic) bond motifs is 1. The first-order valence-electron chi connectivity index (χ1n) is 10.6. The van der Waals surface area contributed by atoms with Gasteiger partial charge in [-0.05, 0) is 91.0 Å². The van der Waals surface area contributed by atoms with Crippen molar-refractivity contribution in [1.29, 1.82) is 0 Å². The zero-order valence-corrected chi connectivity index (χ0v) is 16.8. The average molecular weight is 418 g/mol. The minimum Gasteiger partial charge on any atom is -0.403 e. The van der Waals surface area contributed by atoms with Gasteiger partial charge in [0.1, 0.15) is 0 Å². The van der Waals surface area contributed by atoms with Crippen molar-refractivity contribution < 1.29 is 22.3 Å². The van der Waals surface area contributed by atoms with Gasteiger partial charge < -0.3 is 4.74 Å². The van der Waals surface area contributed by atoms with E-state index in [-0.39, 0.29) is 0 Å². The molecule has 0 bridgehead atoms.